The van der Waals surface area contributed by atoms with Crippen LogP contribution in [-0.4, -0.2) is 18.1 Å². The number of hydrogen-bond donors (Lipinski definition) is 1. The molecule has 1 nitrogen and oxygen atoms in total. The number of rotatable bonds is 6. The Labute approximate surface area is 109 Å². The van der Waals surface area contributed by atoms with E-state index in [1.165, 1.54) is 48.3 Å². The maximum absolute atomic E-state index is 6.09. The Bertz CT molecular complexity index is 364. The smallest absolute Gasteiger partial charge is 0.00817 e. The van der Waals surface area contributed by atoms with E-state index in [1.807, 2.05) is 11.8 Å². The van der Waals surface area contributed by atoms with E-state index in [9.17, 15) is 0 Å². The van der Waals surface area contributed by atoms with Crippen LogP contribution >= 0.6 is 11.8 Å². The zero-order valence-electron chi connectivity index (χ0n) is 10.7. The molecule has 0 aromatic heterocycles. The highest BCUT2D eigenvalue weighted by Gasteiger charge is 2.36. The number of nitrogens with two attached hydrogens (primary N) is 1. The van der Waals surface area contributed by atoms with Gasteiger partial charge in [-0.2, -0.15) is 11.8 Å². The Balaban J connectivity index is 2.06. The number of benzene rings is 1. The van der Waals surface area contributed by atoms with Crippen LogP contribution in [0.25, 0.3) is 0 Å². The standard InChI is InChI=1S/C15H23NS/c1-2-17-11-5-9-15(12-16)10-8-13-6-3-4-7-14(13)15/h3-4,6-7H,2,5,8-12,16H2,1H3. The molecule has 0 fully saturated rings. The molecule has 0 heterocycles. The van der Waals surface area contributed by atoms with Gasteiger partial charge in [-0.25, -0.2) is 0 Å². The maximum atomic E-state index is 6.09. The van der Waals surface area contributed by atoms with Crippen molar-refractivity contribution in [3.63, 3.8) is 0 Å². The molecule has 0 amide bonds. The molecular weight excluding hydrogens is 226 g/mol. The van der Waals surface area contributed by atoms with Crippen LogP contribution in [0.1, 0.15) is 37.3 Å². The molecule has 1 atom stereocenters. The number of thioether (sulfide) groups is 1. The van der Waals surface area contributed by atoms with Gasteiger partial charge in [0, 0.05) is 12.0 Å². The molecule has 0 spiro atoms. The largest absolute Gasteiger partial charge is 0.330 e. The average molecular weight is 249 g/mol. The van der Waals surface area contributed by atoms with Crippen molar-refractivity contribution >= 4 is 11.8 Å². The van der Waals surface area contributed by atoms with Gasteiger partial charge >= 0.3 is 0 Å². The van der Waals surface area contributed by atoms with Crippen molar-refractivity contribution in [3.05, 3.63) is 35.4 Å². The average Bonchev–Trinajstić information content (AvgIpc) is 2.75. The highest BCUT2D eigenvalue weighted by Crippen LogP contribution is 2.41. The number of hydrogen-bond acceptors (Lipinski definition) is 2. The molecule has 0 radical (unpaired) electrons. The molecule has 0 saturated carbocycles. The van der Waals surface area contributed by atoms with E-state index >= 15 is 0 Å². The summed E-state index contributed by atoms with van der Waals surface area (Å²) in [6.45, 7) is 3.04. The molecule has 2 heteroatoms. The third-order valence-electron chi connectivity index (χ3n) is 4.00. The summed E-state index contributed by atoms with van der Waals surface area (Å²) >= 11 is 2.04. The van der Waals surface area contributed by atoms with Crippen molar-refractivity contribution in [1.29, 1.82) is 0 Å². The lowest BCUT2D eigenvalue weighted by Crippen LogP contribution is -2.33. The fourth-order valence-corrected chi connectivity index (χ4v) is 3.63. The first-order valence-corrected chi connectivity index (χ1v) is 7.84. The summed E-state index contributed by atoms with van der Waals surface area (Å²) in [7, 11) is 0. The van der Waals surface area contributed by atoms with Gasteiger partial charge in [0.2, 0.25) is 0 Å². The van der Waals surface area contributed by atoms with Gasteiger partial charge in [0.15, 0.2) is 0 Å². The second-order valence-corrected chi connectivity index (χ2v) is 6.34. The van der Waals surface area contributed by atoms with E-state index in [-0.39, 0.29) is 5.41 Å². The van der Waals surface area contributed by atoms with E-state index in [2.05, 4.69) is 31.2 Å². The van der Waals surface area contributed by atoms with Crippen LogP contribution in [0.5, 0.6) is 0 Å². The first kappa shape index (κ1) is 13.0. The Morgan fingerprint density at radius 3 is 2.94 bits per heavy atom. The first-order valence-electron chi connectivity index (χ1n) is 6.68. The molecule has 1 unspecified atom stereocenters. The van der Waals surface area contributed by atoms with E-state index in [4.69, 9.17) is 5.73 Å². The summed E-state index contributed by atoms with van der Waals surface area (Å²) in [6.07, 6.45) is 5.02. The summed E-state index contributed by atoms with van der Waals surface area (Å²) in [5.41, 5.74) is 9.43. The van der Waals surface area contributed by atoms with E-state index < -0.39 is 0 Å². The molecule has 1 aliphatic rings. The monoisotopic (exact) mass is 249 g/mol. The molecule has 0 aliphatic heterocycles. The molecule has 94 valence electrons. The van der Waals surface area contributed by atoms with Gasteiger partial charge in [-0.05, 0) is 48.3 Å². The zero-order chi connectivity index (χ0) is 12.1. The van der Waals surface area contributed by atoms with Crippen molar-refractivity contribution in [2.24, 2.45) is 5.73 Å². The van der Waals surface area contributed by atoms with Crippen LogP contribution in [0.15, 0.2) is 24.3 Å². The Morgan fingerprint density at radius 2 is 2.18 bits per heavy atom. The number of fused-ring (bicyclic) bond motifs is 1. The quantitative estimate of drug-likeness (QED) is 0.782. The second kappa shape index (κ2) is 5.92. The zero-order valence-corrected chi connectivity index (χ0v) is 11.6. The van der Waals surface area contributed by atoms with Crippen molar-refractivity contribution in [2.75, 3.05) is 18.1 Å². The molecule has 0 saturated heterocycles. The lowest BCUT2D eigenvalue weighted by molar-refractivity contribution is 0.398. The van der Waals surface area contributed by atoms with Crippen LogP contribution in [0, 0.1) is 0 Å². The van der Waals surface area contributed by atoms with Crippen LogP contribution < -0.4 is 5.73 Å². The summed E-state index contributed by atoms with van der Waals surface area (Å²) < 4.78 is 0. The highest BCUT2D eigenvalue weighted by molar-refractivity contribution is 7.99. The minimum Gasteiger partial charge on any atom is -0.330 e. The minimum atomic E-state index is 0.283. The molecule has 1 aromatic carbocycles. The normalized spacial score (nSPS) is 22.7. The SMILES string of the molecule is CCSCCCC1(CN)CCc2ccccc21. The van der Waals surface area contributed by atoms with Gasteiger partial charge in [0.05, 0.1) is 0 Å². The van der Waals surface area contributed by atoms with Crippen molar-refractivity contribution in [1.82, 2.24) is 0 Å². The third kappa shape index (κ3) is 2.69. The lowest BCUT2D eigenvalue weighted by atomic mass is 9.78. The molecule has 2 N–H and O–H groups in total. The van der Waals surface area contributed by atoms with E-state index in [0.717, 1.165) is 6.54 Å². The second-order valence-electron chi connectivity index (χ2n) is 4.94. The lowest BCUT2D eigenvalue weighted by Gasteiger charge is -2.29. The predicted molar refractivity (Wildman–Crippen MR) is 77.7 cm³/mol. The fraction of sp³-hybridized carbons (Fsp3) is 0.600. The summed E-state index contributed by atoms with van der Waals surface area (Å²) in [5.74, 6) is 2.51. The third-order valence-corrected chi connectivity index (χ3v) is 4.99. The topological polar surface area (TPSA) is 26.0 Å². The first-order chi connectivity index (χ1) is 8.32. The van der Waals surface area contributed by atoms with E-state index in [0.29, 0.717) is 0 Å². The Kier molecular flexibility index (Phi) is 4.52. The summed E-state index contributed by atoms with van der Waals surface area (Å²) in [4.78, 5) is 0. The highest BCUT2D eigenvalue weighted by atomic mass is 32.2. The fourth-order valence-electron chi connectivity index (χ4n) is 2.99. The number of aryl methyl sites for hydroxylation is 1. The predicted octanol–water partition coefficient (Wildman–Crippen LogP) is 3.36. The molecule has 17 heavy (non-hydrogen) atoms. The molecule has 1 aliphatic carbocycles. The van der Waals surface area contributed by atoms with Crippen LogP contribution in [0.4, 0.5) is 0 Å². The Morgan fingerprint density at radius 1 is 1.35 bits per heavy atom. The molecule has 1 aromatic rings. The van der Waals surface area contributed by atoms with Crippen molar-refractivity contribution in [3.8, 4) is 0 Å². The van der Waals surface area contributed by atoms with Gasteiger partial charge in [-0.15, -0.1) is 0 Å². The Hall–Kier alpha value is -0.470. The van der Waals surface area contributed by atoms with Crippen LogP contribution in [0.2, 0.25) is 0 Å². The van der Waals surface area contributed by atoms with Gasteiger partial charge in [0.25, 0.3) is 0 Å². The molecular formula is C15H23NS. The maximum Gasteiger partial charge on any atom is 0.00817 e. The van der Waals surface area contributed by atoms with Crippen LogP contribution in [0.3, 0.4) is 0 Å². The summed E-state index contributed by atoms with van der Waals surface area (Å²) in [6, 6.07) is 8.88. The molecule has 2 rings (SSSR count). The summed E-state index contributed by atoms with van der Waals surface area (Å²) in [5, 5.41) is 0. The van der Waals surface area contributed by atoms with Gasteiger partial charge in [0.1, 0.15) is 0 Å². The van der Waals surface area contributed by atoms with Gasteiger partial charge < -0.3 is 5.73 Å². The minimum absolute atomic E-state index is 0.283. The van der Waals surface area contributed by atoms with E-state index in [1.54, 1.807) is 0 Å². The van der Waals surface area contributed by atoms with Gasteiger partial charge in [-0.3, -0.25) is 0 Å². The van der Waals surface area contributed by atoms with Gasteiger partial charge in [-0.1, -0.05) is 31.2 Å². The molecule has 0 bridgehead atoms. The van der Waals surface area contributed by atoms with Crippen molar-refractivity contribution in [2.45, 2.75) is 38.0 Å². The van der Waals surface area contributed by atoms with Crippen LogP contribution in [-0.2, 0) is 11.8 Å². The van der Waals surface area contributed by atoms with Crippen molar-refractivity contribution < 1.29 is 0 Å².